The van der Waals surface area contributed by atoms with Crippen molar-refractivity contribution in [2.45, 2.75) is 6.92 Å². The molecule has 1 rings (SSSR count). The van der Waals surface area contributed by atoms with Gasteiger partial charge in [-0.15, -0.1) is 0 Å². The summed E-state index contributed by atoms with van der Waals surface area (Å²) in [6, 6.07) is 0. The summed E-state index contributed by atoms with van der Waals surface area (Å²) < 4.78 is 0. The van der Waals surface area contributed by atoms with Gasteiger partial charge in [-0.2, -0.15) is 0 Å². The lowest BCUT2D eigenvalue weighted by molar-refractivity contribution is 0.0999. The molecule has 0 aliphatic carbocycles. The fourth-order valence-corrected chi connectivity index (χ4v) is 1.62. The van der Waals surface area contributed by atoms with Crippen LogP contribution >= 0.6 is 34.8 Å². The quantitative estimate of drug-likeness (QED) is 0.765. The van der Waals surface area contributed by atoms with Crippen molar-refractivity contribution in [1.29, 1.82) is 0 Å². The Kier molecular flexibility index (Phi) is 3.01. The van der Waals surface area contributed by atoms with E-state index in [9.17, 15) is 4.79 Å². The Morgan fingerprint density at radius 1 is 1.31 bits per heavy atom. The van der Waals surface area contributed by atoms with Crippen molar-refractivity contribution in [2.24, 2.45) is 5.73 Å². The van der Waals surface area contributed by atoms with E-state index in [1.54, 1.807) is 6.92 Å². The Bertz CT molecular complexity index is 378. The molecule has 1 aromatic rings. The van der Waals surface area contributed by atoms with E-state index in [2.05, 4.69) is 4.98 Å². The van der Waals surface area contributed by atoms with Gasteiger partial charge in [0.25, 0.3) is 5.91 Å². The van der Waals surface area contributed by atoms with Crippen molar-refractivity contribution < 1.29 is 4.79 Å². The van der Waals surface area contributed by atoms with Crippen molar-refractivity contribution >= 4 is 40.7 Å². The van der Waals surface area contributed by atoms with Crippen molar-refractivity contribution in [3.8, 4) is 0 Å². The van der Waals surface area contributed by atoms with Crippen LogP contribution in [0.3, 0.4) is 0 Å². The van der Waals surface area contributed by atoms with Gasteiger partial charge in [0.2, 0.25) is 0 Å². The summed E-state index contributed by atoms with van der Waals surface area (Å²) >= 11 is 17.0. The molecule has 1 heterocycles. The van der Waals surface area contributed by atoms with Crippen LogP contribution in [-0.4, -0.2) is 10.9 Å². The van der Waals surface area contributed by atoms with E-state index in [4.69, 9.17) is 40.5 Å². The Hall–Kier alpha value is -0.510. The SMILES string of the molecule is Cc1c(Cl)c(Cl)nc(Cl)c1C(N)=O. The van der Waals surface area contributed by atoms with Crippen LogP contribution in [0.5, 0.6) is 0 Å². The zero-order valence-corrected chi connectivity index (χ0v) is 8.83. The van der Waals surface area contributed by atoms with Crippen LogP contribution < -0.4 is 5.73 Å². The topological polar surface area (TPSA) is 56.0 Å². The number of carbonyl (C=O) groups is 1. The maximum absolute atomic E-state index is 10.9. The molecule has 0 atom stereocenters. The second kappa shape index (κ2) is 3.70. The third-order valence-electron chi connectivity index (χ3n) is 1.53. The van der Waals surface area contributed by atoms with Crippen LogP contribution in [0.1, 0.15) is 15.9 Å². The minimum absolute atomic E-state index is 0.0283. The summed E-state index contributed by atoms with van der Waals surface area (Å²) in [6.07, 6.45) is 0. The third-order valence-corrected chi connectivity index (χ3v) is 2.64. The Morgan fingerprint density at radius 3 is 2.31 bits per heavy atom. The van der Waals surface area contributed by atoms with Gasteiger partial charge in [-0.25, -0.2) is 4.98 Å². The maximum Gasteiger partial charge on any atom is 0.252 e. The summed E-state index contributed by atoms with van der Waals surface area (Å²) in [7, 11) is 0. The normalized spacial score (nSPS) is 10.2. The van der Waals surface area contributed by atoms with Crippen molar-refractivity contribution in [3.05, 3.63) is 26.5 Å². The fourth-order valence-electron chi connectivity index (χ4n) is 0.897. The van der Waals surface area contributed by atoms with Crippen LogP contribution in [0.2, 0.25) is 15.3 Å². The van der Waals surface area contributed by atoms with Gasteiger partial charge >= 0.3 is 0 Å². The standard InChI is InChI=1S/C7H5Cl3N2O/c1-2-3(7(11)13)5(9)12-6(10)4(2)8/h1H3,(H2,11,13). The molecule has 70 valence electrons. The van der Waals surface area contributed by atoms with Gasteiger partial charge < -0.3 is 5.73 Å². The summed E-state index contributed by atoms with van der Waals surface area (Å²) in [5.41, 5.74) is 5.62. The molecule has 1 amide bonds. The number of nitrogens with two attached hydrogens (primary N) is 1. The van der Waals surface area contributed by atoms with Crippen LogP contribution in [0, 0.1) is 6.92 Å². The van der Waals surface area contributed by atoms with E-state index >= 15 is 0 Å². The molecule has 0 aliphatic rings. The highest BCUT2D eigenvalue weighted by Gasteiger charge is 2.16. The summed E-state index contributed by atoms with van der Waals surface area (Å²) in [5.74, 6) is -0.673. The number of halogens is 3. The average molecular weight is 239 g/mol. The molecule has 0 spiro atoms. The van der Waals surface area contributed by atoms with E-state index < -0.39 is 5.91 Å². The number of primary amides is 1. The second-order valence-electron chi connectivity index (χ2n) is 2.37. The molecule has 6 heteroatoms. The van der Waals surface area contributed by atoms with E-state index in [1.807, 2.05) is 0 Å². The maximum atomic E-state index is 10.9. The summed E-state index contributed by atoms with van der Waals surface area (Å²) in [4.78, 5) is 14.6. The van der Waals surface area contributed by atoms with Crippen molar-refractivity contribution in [3.63, 3.8) is 0 Å². The molecule has 1 aromatic heterocycles. The predicted molar refractivity (Wildman–Crippen MR) is 52.5 cm³/mol. The minimum Gasteiger partial charge on any atom is -0.365 e. The van der Waals surface area contributed by atoms with Gasteiger partial charge in [0.15, 0.2) is 0 Å². The first kappa shape index (κ1) is 10.6. The summed E-state index contributed by atoms with van der Waals surface area (Å²) in [5, 5.41) is 0.230. The highest BCUT2D eigenvalue weighted by Crippen LogP contribution is 2.29. The lowest BCUT2D eigenvalue weighted by Crippen LogP contribution is -2.14. The summed E-state index contributed by atoms with van der Waals surface area (Å²) in [6.45, 7) is 1.60. The first-order chi connectivity index (χ1) is 5.95. The van der Waals surface area contributed by atoms with E-state index in [0.717, 1.165) is 0 Å². The average Bonchev–Trinajstić information content (AvgIpc) is 1.99. The van der Waals surface area contributed by atoms with Gasteiger partial charge in [0.1, 0.15) is 10.3 Å². The van der Waals surface area contributed by atoms with Crippen LogP contribution in [0.15, 0.2) is 0 Å². The number of hydrogen-bond acceptors (Lipinski definition) is 2. The smallest absolute Gasteiger partial charge is 0.252 e. The predicted octanol–water partition coefficient (Wildman–Crippen LogP) is 2.45. The zero-order chi connectivity index (χ0) is 10.2. The molecule has 0 aliphatic heterocycles. The van der Waals surface area contributed by atoms with Gasteiger partial charge in [0, 0.05) is 0 Å². The number of amides is 1. The monoisotopic (exact) mass is 238 g/mol. The van der Waals surface area contributed by atoms with Crippen LogP contribution in [0.4, 0.5) is 0 Å². The molecule has 0 fully saturated rings. The number of pyridine rings is 1. The molecule has 13 heavy (non-hydrogen) atoms. The number of carbonyl (C=O) groups excluding carboxylic acids is 1. The zero-order valence-electron chi connectivity index (χ0n) is 6.57. The molecule has 0 unspecified atom stereocenters. The highest BCUT2D eigenvalue weighted by atomic mass is 35.5. The lowest BCUT2D eigenvalue weighted by atomic mass is 10.1. The fraction of sp³-hybridized carbons (Fsp3) is 0.143. The van der Waals surface area contributed by atoms with Gasteiger partial charge in [-0.05, 0) is 12.5 Å². The molecule has 0 radical (unpaired) electrons. The highest BCUT2D eigenvalue weighted by molar-refractivity contribution is 6.43. The molecule has 2 N–H and O–H groups in total. The number of aromatic nitrogens is 1. The van der Waals surface area contributed by atoms with E-state index in [1.165, 1.54) is 0 Å². The van der Waals surface area contributed by atoms with Gasteiger partial charge in [-0.1, -0.05) is 34.8 Å². The Morgan fingerprint density at radius 2 is 1.85 bits per heavy atom. The largest absolute Gasteiger partial charge is 0.365 e. The molecule has 0 aromatic carbocycles. The molecule has 0 bridgehead atoms. The first-order valence-electron chi connectivity index (χ1n) is 3.26. The van der Waals surface area contributed by atoms with Gasteiger partial charge in [0.05, 0.1) is 10.6 Å². The molecule has 3 nitrogen and oxygen atoms in total. The van der Waals surface area contributed by atoms with Gasteiger partial charge in [-0.3, -0.25) is 4.79 Å². The Balaban J connectivity index is 3.53. The third kappa shape index (κ3) is 1.88. The molecular formula is C7H5Cl3N2O. The number of hydrogen-bond donors (Lipinski definition) is 1. The number of nitrogens with zero attached hydrogens (tertiary/aromatic N) is 1. The molecular weight excluding hydrogens is 234 g/mol. The molecule has 0 saturated carbocycles. The Labute approximate surface area is 89.8 Å². The van der Waals surface area contributed by atoms with Crippen LogP contribution in [-0.2, 0) is 0 Å². The van der Waals surface area contributed by atoms with Crippen molar-refractivity contribution in [1.82, 2.24) is 4.98 Å². The molecule has 0 saturated heterocycles. The van der Waals surface area contributed by atoms with E-state index in [0.29, 0.717) is 5.56 Å². The number of rotatable bonds is 1. The second-order valence-corrected chi connectivity index (χ2v) is 3.47. The van der Waals surface area contributed by atoms with Crippen molar-refractivity contribution in [2.75, 3.05) is 0 Å². The lowest BCUT2D eigenvalue weighted by Gasteiger charge is -2.06. The van der Waals surface area contributed by atoms with E-state index in [-0.39, 0.29) is 20.9 Å². The first-order valence-corrected chi connectivity index (χ1v) is 4.39. The van der Waals surface area contributed by atoms with Crippen LogP contribution in [0.25, 0.3) is 0 Å². The minimum atomic E-state index is -0.673.